The van der Waals surface area contributed by atoms with Crippen molar-refractivity contribution >= 4 is 81.1 Å². The van der Waals surface area contributed by atoms with E-state index in [0.717, 1.165) is 11.4 Å². The number of rotatable bonds is 4. The molecular formula is C40H26N2S. The van der Waals surface area contributed by atoms with Crippen molar-refractivity contribution in [2.45, 2.75) is 0 Å². The fourth-order valence-corrected chi connectivity index (χ4v) is 7.87. The van der Waals surface area contributed by atoms with Crippen LogP contribution in [0.15, 0.2) is 158 Å². The molecule has 0 N–H and O–H groups in total. The number of anilines is 3. The maximum atomic E-state index is 2.44. The van der Waals surface area contributed by atoms with Crippen LogP contribution in [0.2, 0.25) is 0 Å². The van der Waals surface area contributed by atoms with Crippen LogP contribution in [0.1, 0.15) is 0 Å². The van der Waals surface area contributed by atoms with Crippen LogP contribution in [0.5, 0.6) is 0 Å². The van der Waals surface area contributed by atoms with Crippen molar-refractivity contribution in [2.24, 2.45) is 0 Å². The lowest BCUT2D eigenvalue weighted by molar-refractivity contribution is 1.20. The summed E-state index contributed by atoms with van der Waals surface area (Å²) >= 11 is 1.87. The van der Waals surface area contributed by atoms with Crippen molar-refractivity contribution in [2.75, 3.05) is 4.90 Å². The number of nitrogens with zero attached hydrogens (tertiary/aromatic N) is 2. The summed E-state index contributed by atoms with van der Waals surface area (Å²) in [7, 11) is 0. The van der Waals surface area contributed by atoms with Crippen molar-refractivity contribution in [1.82, 2.24) is 4.57 Å². The van der Waals surface area contributed by atoms with Gasteiger partial charge < -0.3 is 9.47 Å². The third kappa shape index (κ3) is 3.72. The predicted molar refractivity (Wildman–Crippen MR) is 186 cm³/mol. The Labute approximate surface area is 253 Å². The molecule has 3 heteroatoms. The van der Waals surface area contributed by atoms with Gasteiger partial charge in [0, 0.05) is 47.7 Å². The van der Waals surface area contributed by atoms with E-state index in [1.165, 1.54) is 64.1 Å². The average Bonchev–Trinajstić information content (AvgIpc) is 3.61. The van der Waals surface area contributed by atoms with Crippen LogP contribution in [0.3, 0.4) is 0 Å². The molecule has 0 fully saturated rings. The summed E-state index contributed by atoms with van der Waals surface area (Å²) in [6, 6.07) is 57.1. The Morgan fingerprint density at radius 3 is 1.88 bits per heavy atom. The van der Waals surface area contributed by atoms with Gasteiger partial charge in [-0.3, -0.25) is 0 Å². The second-order valence-corrected chi connectivity index (χ2v) is 12.1. The Morgan fingerprint density at radius 2 is 1.09 bits per heavy atom. The molecule has 0 saturated heterocycles. The zero-order valence-corrected chi connectivity index (χ0v) is 24.1. The molecule has 0 spiro atoms. The molecule has 202 valence electrons. The number of hydrogen-bond acceptors (Lipinski definition) is 2. The molecule has 0 aliphatic rings. The Balaban J connectivity index is 1.30. The third-order valence-electron chi connectivity index (χ3n) is 8.56. The van der Waals surface area contributed by atoms with Crippen LogP contribution in [-0.4, -0.2) is 4.57 Å². The summed E-state index contributed by atoms with van der Waals surface area (Å²) in [6.07, 6.45) is 0. The first-order chi connectivity index (χ1) is 21.3. The molecule has 9 aromatic rings. The second kappa shape index (κ2) is 9.59. The van der Waals surface area contributed by atoms with Crippen LogP contribution >= 0.6 is 11.3 Å². The Kier molecular flexibility index (Phi) is 5.40. The van der Waals surface area contributed by atoms with Gasteiger partial charge in [0.1, 0.15) is 0 Å². The molecule has 0 unspecified atom stereocenters. The monoisotopic (exact) mass is 566 g/mol. The molecule has 0 aliphatic heterocycles. The second-order valence-electron chi connectivity index (χ2n) is 11.0. The van der Waals surface area contributed by atoms with E-state index >= 15 is 0 Å². The zero-order valence-electron chi connectivity index (χ0n) is 23.3. The lowest BCUT2D eigenvalue weighted by Crippen LogP contribution is -2.10. The van der Waals surface area contributed by atoms with Gasteiger partial charge >= 0.3 is 0 Å². The van der Waals surface area contributed by atoms with Crippen molar-refractivity contribution in [3.63, 3.8) is 0 Å². The lowest BCUT2D eigenvalue weighted by atomic mass is 10.1. The molecule has 0 radical (unpaired) electrons. The first-order valence-electron chi connectivity index (χ1n) is 14.6. The highest BCUT2D eigenvalue weighted by molar-refractivity contribution is 7.26. The zero-order chi connectivity index (χ0) is 28.3. The van der Waals surface area contributed by atoms with Gasteiger partial charge in [0.15, 0.2) is 0 Å². The summed E-state index contributed by atoms with van der Waals surface area (Å²) < 4.78 is 5.02. The predicted octanol–water partition coefficient (Wildman–Crippen LogP) is 11.8. The highest BCUT2D eigenvalue weighted by atomic mass is 32.1. The highest BCUT2D eigenvalue weighted by Crippen LogP contribution is 2.44. The summed E-state index contributed by atoms with van der Waals surface area (Å²) in [5, 5.41) is 7.62. The highest BCUT2D eigenvalue weighted by Gasteiger charge is 2.19. The van der Waals surface area contributed by atoms with E-state index in [0.29, 0.717) is 0 Å². The fraction of sp³-hybridized carbons (Fsp3) is 0. The Morgan fingerprint density at radius 1 is 0.442 bits per heavy atom. The van der Waals surface area contributed by atoms with Crippen molar-refractivity contribution < 1.29 is 0 Å². The van der Waals surface area contributed by atoms with E-state index < -0.39 is 0 Å². The van der Waals surface area contributed by atoms with Gasteiger partial charge in [-0.2, -0.15) is 0 Å². The molecule has 2 nitrogen and oxygen atoms in total. The van der Waals surface area contributed by atoms with Crippen molar-refractivity contribution in [1.29, 1.82) is 0 Å². The molecule has 0 aliphatic carbocycles. The normalized spacial score (nSPS) is 11.7. The van der Waals surface area contributed by atoms with Crippen LogP contribution in [-0.2, 0) is 0 Å². The smallest absolute Gasteiger partial charge is 0.0555 e. The molecule has 43 heavy (non-hydrogen) atoms. The summed E-state index contributed by atoms with van der Waals surface area (Å²) in [4.78, 5) is 2.39. The summed E-state index contributed by atoms with van der Waals surface area (Å²) in [5.74, 6) is 0. The van der Waals surface area contributed by atoms with Gasteiger partial charge in [-0.25, -0.2) is 0 Å². The minimum absolute atomic E-state index is 1.14. The van der Waals surface area contributed by atoms with Gasteiger partial charge in [-0.1, -0.05) is 103 Å². The fourth-order valence-electron chi connectivity index (χ4n) is 6.71. The van der Waals surface area contributed by atoms with E-state index in [1.807, 2.05) is 11.3 Å². The van der Waals surface area contributed by atoms with E-state index in [-0.39, 0.29) is 0 Å². The average molecular weight is 567 g/mol. The SMILES string of the molecule is c1ccc(N(c2ccc3c(c2)sc2cccc(-n4c5ccccc5c5ccccc54)c23)c2cccc3ccccc23)cc1. The summed E-state index contributed by atoms with van der Waals surface area (Å²) in [5.41, 5.74) is 7.17. The molecule has 9 rings (SSSR count). The van der Waals surface area contributed by atoms with Crippen molar-refractivity contribution in [3.05, 3.63) is 158 Å². The standard InChI is InChI=1S/C40H26N2S/c1-2-14-28(15-3-1)41(34-21-10-13-27-12-4-5-16-30(27)34)29-24-25-33-39(26-29)43-38-23-11-22-37(40(33)38)42-35-19-8-6-17-31(35)32-18-7-9-20-36(32)42/h1-26H. The number of benzene rings is 7. The minimum Gasteiger partial charge on any atom is -0.310 e. The molecule has 2 heterocycles. The molecular weight excluding hydrogens is 541 g/mol. The van der Waals surface area contributed by atoms with E-state index in [9.17, 15) is 0 Å². The number of hydrogen-bond donors (Lipinski definition) is 0. The number of thiophene rings is 1. The molecule has 0 amide bonds. The Hall–Kier alpha value is -5.38. The third-order valence-corrected chi connectivity index (χ3v) is 9.68. The quantitative estimate of drug-likeness (QED) is 0.206. The first kappa shape index (κ1) is 24.2. The minimum atomic E-state index is 1.14. The maximum absolute atomic E-state index is 2.44. The van der Waals surface area contributed by atoms with E-state index in [1.54, 1.807) is 0 Å². The topological polar surface area (TPSA) is 8.17 Å². The van der Waals surface area contributed by atoms with Gasteiger partial charge in [-0.05, 0) is 60.0 Å². The van der Waals surface area contributed by atoms with Crippen LogP contribution in [0.4, 0.5) is 17.1 Å². The number of para-hydroxylation sites is 3. The molecule has 2 aromatic heterocycles. The van der Waals surface area contributed by atoms with Gasteiger partial charge in [-0.15, -0.1) is 11.3 Å². The van der Waals surface area contributed by atoms with Gasteiger partial charge in [0.05, 0.1) is 22.4 Å². The summed E-state index contributed by atoms with van der Waals surface area (Å²) in [6.45, 7) is 0. The molecule has 0 saturated carbocycles. The van der Waals surface area contributed by atoms with Crippen LogP contribution in [0, 0.1) is 0 Å². The van der Waals surface area contributed by atoms with Gasteiger partial charge in [0.25, 0.3) is 0 Å². The van der Waals surface area contributed by atoms with E-state index in [2.05, 4.69) is 167 Å². The molecule has 0 atom stereocenters. The maximum Gasteiger partial charge on any atom is 0.0555 e. The molecule has 7 aromatic carbocycles. The van der Waals surface area contributed by atoms with Crippen LogP contribution < -0.4 is 4.90 Å². The van der Waals surface area contributed by atoms with E-state index in [4.69, 9.17) is 0 Å². The van der Waals surface area contributed by atoms with Crippen LogP contribution in [0.25, 0.3) is 58.4 Å². The Bertz CT molecular complexity index is 2410. The lowest BCUT2D eigenvalue weighted by Gasteiger charge is -2.27. The van der Waals surface area contributed by atoms with Gasteiger partial charge in [0.2, 0.25) is 0 Å². The number of aromatic nitrogens is 1. The first-order valence-corrected chi connectivity index (χ1v) is 15.4. The molecule has 0 bridgehead atoms. The van der Waals surface area contributed by atoms with Crippen molar-refractivity contribution in [3.8, 4) is 5.69 Å². The number of fused-ring (bicyclic) bond motifs is 7. The largest absolute Gasteiger partial charge is 0.310 e.